The first kappa shape index (κ1) is 17.3. The monoisotopic (exact) mass is 352 g/mol. The van der Waals surface area contributed by atoms with Gasteiger partial charge < -0.3 is 10.1 Å². The Morgan fingerprint density at radius 2 is 1.80 bits per heavy atom. The number of rotatable bonds is 3. The lowest BCUT2D eigenvalue weighted by atomic mass is 10.1. The van der Waals surface area contributed by atoms with Crippen molar-refractivity contribution in [1.82, 2.24) is 5.32 Å². The number of nitrogens with zero attached hydrogens (tertiary/aromatic N) is 1. The van der Waals surface area contributed by atoms with E-state index in [-0.39, 0.29) is 5.91 Å². The van der Waals surface area contributed by atoms with Gasteiger partial charge in [0.15, 0.2) is 5.17 Å². The number of carbonyl (C=O) groups excluding carboxylic acids is 1. The summed E-state index contributed by atoms with van der Waals surface area (Å²) in [5.74, 6) is 0.684. The minimum absolute atomic E-state index is 0.122. The number of hydrogen-bond donors (Lipinski definition) is 1. The molecule has 0 bridgehead atoms. The number of nitrogens with one attached hydrogen (secondary N) is 1. The van der Waals surface area contributed by atoms with Crippen molar-refractivity contribution in [2.45, 2.75) is 20.8 Å². The average molecular weight is 352 g/mol. The number of amides is 1. The number of aryl methyl sites for hydroxylation is 3. The van der Waals surface area contributed by atoms with Crippen LogP contribution in [0.5, 0.6) is 5.75 Å². The molecule has 3 rings (SSSR count). The Labute approximate surface area is 152 Å². The molecule has 0 saturated carbocycles. The van der Waals surface area contributed by atoms with Crippen LogP contribution in [0.1, 0.15) is 22.3 Å². The standard InChI is InChI=1S/C20H20N2O2S/c1-12-7-13(2)9-16(8-12)21-20-22-19(23)18(25-20)11-15-5-6-17(24-4)10-14(15)3/h5-11H,1-4H3,(H,21,22,23)/b18-11-. The van der Waals surface area contributed by atoms with Crippen LogP contribution in [0.15, 0.2) is 46.3 Å². The molecule has 0 atom stereocenters. The Morgan fingerprint density at radius 1 is 1.08 bits per heavy atom. The number of benzene rings is 2. The zero-order valence-corrected chi connectivity index (χ0v) is 15.5. The molecule has 0 radical (unpaired) electrons. The van der Waals surface area contributed by atoms with Crippen molar-refractivity contribution in [3.8, 4) is 5.75 Å². The molecular formula is C20H20N2O2S. The lowest BCUT2D eigenvalue weighted by molar-refractivity contribution is -0.115. The molecule has 1 aliphatic heterocycles. The van der Waals surface area contributed by atoms with Gasteiger partial charge in [-0.2, -0.15) is 0 Å². The van der Waals surface area contributed by atoms with Crippen LogP contribution in [-0.2, 0) is 4.79 Å². The number of aliphatic imine (C=N–C) groups is 1. The maximum atomic E-state index is 12.2. The Bertz CT molecular complexity index is 880. The van der Waals surface area contributed by atoms with Crippen LogP contribution < -0.4 is 10.1 Å². The second kappa shape index (κ2) is 7.15. The Morgan fingerprint density at radius 3 is 2.44 bits per heavy atom. The molecule has 1 fully saturated rings. The van der Waals surface area contributed by atoms with E-state index in [9.17, 15) is 4.79 Å². The van der Waals surface area contributed by atoms with E-state index in [2.05, 4.69) is 16.4 Å². The first-order valence-electron chi connectivity index (χ1n) is 7.97. The van der Waals surface area contributed by atoms with Gasteiger partial charge in [-0.3, -0.25) is 4.79 Å². The molecule has 1 heterocycles. The molecule has 5 heteroatoms. The SMILES string of the molecule is COc1ccc(/C=C2\SC(=Nc3cc(C)cc(C)c3)NC2=O)c(C)c1. The number of hydrogen-bond acceptors (Lipinski definition) is 4. The average Bonchev–Trinajstić information content (AvgIpc) is 2.87. The summed E-state index contributed by atoms with van der Waals surface area (Å²) in [4.78, 5) is 17.4. The highest BCUT2D eigenvalue weighted by Gasteiger charge is 2.24. The van der Waals surface area contributed by atoms with Gasteiger partial charge in [0.05, 0.1) is 17.7 Å². The minimum atomic E-state index is -0.122. The van der Waals surface area contributed by atoms with E-state index in [1.165, 1.54) is 11.8 Å². The van der Waals surface area contributed by atoms with Crippen molar-refractivity contribution >= 4 is 34.6 Å². The van der Waals surface area contributed by atoms with Crippen molar-refractivity contribution in [2.75, 3.05) is 7.11 Å². The first-order valence-corrected chi connectivity index (χ1v) is 8.79. The van der Waals surface area contributed by atoms with Gasteiger partial charge in [-0.1, -0.05) is 12.1 Å². The van der Waals surface area contributed by atoms with E-state index in [1.54, 1.807) is 7.11 Å². The van der Waals surface area contributed by atoms with Crippen molar-refractivity contribution in [1.29, 1.82) is 0 Å². The van der Waals surface area contributed by atoms with Gasteiger partial charge in [-0.25, -0.2) is 4.99 Å². The van der Waals surface area contributed by atoms with Gasteiger partial charge >= 0.3 is 0 Å². The fourth-order valence-electron chi connectivity index (χ4n) is 2.69. The molecule has 1 amide bonds. The molecule has 2 aromatic rings. The summed E-state index contributed by atoms with van der Waals surface area (Å²) >= 11 is 1.36. The molecule has 0 spiro atoms. The van der Waals surface area contributed by atoms with Crippen molar-refractivity contribution < 1.29 is 9.53 Å². The van der Waals surface area contributed by atoms with Gasteiger partial charge in [-0.05, 0) is 85.1 Å². The topological polar surface area (TPSA) is 50.7 Å². The molecule has 1 N–H and O–H groups in total. The number of methoxy groups -OCH3 is 1. The summed E-state index contributed by atoms with van der Waals surface area (Å²) in [5, 5.41) is 3.44. The first-order chi connectivity index (χ1) is 11.9. The Hall–Kier alpha value is -2.53. The molecule has 2 aromatic carbocycles. The fourth-order valence-corrected chi connectivity index (χ4v) is 3.52. The third-order valence-electron chi connectivity index (χ3n) is 3.85. The van der Waals surface area contributed by atoms with Gasteiger partial charge in [0, 0.05) is 0 Å². The van der Waals surface area contributed by atoms with Gasteiger partial charge in [0.25, 0.3) is 5.91 Å². The third kappa shape index (κ3) is 4.12. The summed E-state index contributed by atoms with van der Waals surface area (Å²) in [6.45, 7) is 6.07. The highest BCUT2D eigenvalue weighted by Crippen LogP contribution is 2.30. The summed E-state index contributed by atoms with van der Waals surface area (Å²) in [6, 6.07) is 11.9. The minimum Gasteiger partial charge on any atom is -0.497 e. The summed E-state index contributed by atoms with van der Waals surface area (Å²) in [7, 11) is 1.64. The summed E-state index contributed by atoms with van der Waals surface area (Å²) < 4.78 is 5.22. The maximum absolute atomic E-state index is 12.2. The van der Waals surface area contributed by atoms with Gasteiger partial charge in [-0.15, -0.1) is 0 Å². The highest BCUT2D eigenvalue weighted by atomic mass is 32.2. The molecular weight excluding hydrogens is 332 g/mol. The van der Waals surface area contributed by atoms with Crippen LogP contribution >= 0.6 is 11.8 Å². The van der Waals surface area contributed by atoms with E-state index in [0.717, 1.165) is 33.7 Å². The molecule has 0 aliphatic carbocycles. The van der Waals surface area contributed by atoms with Crippen LogP contribution in [0.3, 0.4) is 0 Å². The number of thioether (sulfide) groups is 1. The van der Waals surface area contributed by atoms with Crippen LogP contribution in [-0.4, -0.2) is 18.2 Å². The van der Waals surface area contributed by atoms with Crippen LogP contribution in [0.2, 0.25) is 0 Å². The molecule has 0 aromatic heterocycles. The lowest BCUT2D eigenvalue weighted by Gasteiger charge is -2.04. The third-order valence-corrected chi connectivity index (χ3v) is 4.76. The maximum Gasteiger partial charge on any atom is 0.264 e. The summed E-state index contributed by atoms with van der Waals surface area (Å²) in [5.41, 5.74) is 5.20. The van der Waals surface area contributed by atoms with Crippen LogP contribution in [0, 0.1) is 20.8 Å². The van der Waals surface area contributed by atoms with Crippen molar-refractivity contribution in [3.05, 3.63) is 63.6 Å². The Kier molecular flexibility index (Phi) is 4.95. The predicted octanol–water partition coefficient (Wildman–Crippen LogP) is 4.51. The fraction of sp³-hybridized carbons (Fsp3) is 0.200. The van der Waals surface area contributed by atoms with Crippen molar-refractivity contribution in [3.63, 3.8) is 0 Å². The quantitative estimate of drug-likeness (QED) is 0.827. The molecule has 25 heavy (non-hydrogen) atoms. The lowest BCUT2D eigenvalue weighted by Crippen LogP contribution is -2.19. The molecule has 4 nitrogen and oxygen atoms in total. The highest BCUT2D eigenvalue weighted by molar-refractivity contribution is 8.18. The number of ether oxygens (including phenoxy) is 1. The molecule has 128 valence electrons. The molecule has 1 aliphatic rings. The normalized spacial score (nSPS) is 17.2. The van der Waals surface area contributed by atoms with Gasteiger partial charge in [0.1, 0.15) is 5.75 Å². The molecule has 0 unspecified atom stereocenters. The second-order valence-corrected chi connectivity index (χ2v) is 7.08. The Balaban J connectivity index is 1.86. The van der Waals surface area contributed by atoms with E-state index in [0.29, 0.717) is 10.1 Å². The van der Waals surface area contributed by atoms with E-state index >= 15 is 0 Å². The predicted molar refractivity (Wildman–Crippen MR) is 104 cm³/mol. The molecule has 1 saturated heterocycles. The van der Waals surface area contributed by atoms with Crippen LogP contribution in [0.4, 0.5) is 5.69 Å². The number of carbonyl (C=O) groups is 1. The summed E-state index contributed by atoms with van der Waals surface area (Å²) in [6.07, 6.45) is 1.89. The number of amidine groups is 1. The largest absolute Gasteiger partial charge is 0.497 e. The van der Waals surface area contributed by atoms with Crippen molar-refractivity contribution in [2.24, 2.45) is 4.99 Å². The zero-order valence-electron chi connectivity index (χ0n) is 14.7. The zero-order chi connectivity index (χ0) is 18.0. The second-order valence-electron chi connectivity index (χ2n) is 6.05. The van der Waals surface area contributed by atoms with Crippen LogP contribution in [0.25, 0.3) is 6.08 Å². The smallest absolute Gasteiger partial charge is 0.264 e. The van der Waals surface area contributed by atoms with E-state index < -0.39 is 0 Å². The van der Waals surface area contributed by atoms with E-state index in [1.807, 2.05) is 57.2 Å². The van der Waals surface area contributed by atoms with Gasteiger partial charge in [0.2, 0.25) is 0 Å². The van der Waals surface area contributed by atoms with E-state index in [4.69, 9.17) is 4.74 Å².